The number of fused-ring (bicyclic) bond motifs is 1. The lowest BCUT2D eigenvalue weighted by Crippen LogP contribution is -2.42. The van der Waals surface area contributed by atoms with Crippen LogP contribution >= 0.6 is 0 Å². The molecule has 0 fully saturated rings. The summed E-state index contributed by atoms with van der Waals surface area (Å²) in [5.74, 6) is -0.326. The largest absolute Gasteiger partial charge is 0.494 e. The van der Waals surface area contributed by atoms with Crippen LogP contribution in [0.3, 0.4) is 0 Å². The van der Waals surface area contributed by atoms with Crippen molar-refractivity contribution in [2.45, 2.75) is 19.9 Å². The van der Waals surface area contributed by atoms with Gasteiger partial charge in [-0.25, -0.2) is 8.42 Å². The third-order valence-electron chi connectivity index (χ3n) is 4.77. The topological polar surface area (TPSA) is 114 Å². The second-order valence-corrected chi connectivity index (χ2v) is 8.81. The molecule has 10 heteroatoms. The number of ether oxygens (including phenoxy) is 1. The van der Waals surface area contributed by atoms with Gasteiger partial charge in [-0.3, -0.25) is 9.10 Å². The van der Waals surface area contributed by atoms with Crippen LogP contribution in [0.2, 0.25) is 0 Å². The Labute approximate surface area is 180 Å². The van der Waals surface area contributed by atoms with E-state index in [4.69, 9.17) is 4.74 Å². The Morgan fingerprint density at radius 3 is 2.45 bits per heavy atom. The van der Waals surface area contributed by atoms with Gasteiger partial charge < -0.3 is 14.4 Å². The van der Waals surface area contributed by atoms with Gasteiger partial charge in [0, 0.05) is 12.4 Å². The SMILES string of the molecule is CCOc1ccc(N([C@@H](C)C(=O)N=Nc2c(O)n(C)c3ccccc23)S(C)(=O)=O)cc1. The Bertz CT molecular complexity index is 1230. The zero-order valence-corrected chi connectivity index (χ0v) is 18.5. The lowest BCUT2D eigenvalue weighted by atomic mass is 10.2. The second-order valence-electron chi connectivity index (χ2n) is 6.95. The molecule has 2 aromatic carbocycles. The average molecular weight is 445 g/mol. The van der Waals surface area contributed by atoms with Crippen LogP contribution < -0.4 is 9.04 Å². The molecule has 1 atom stereocenters. The molecule has 0 unspecified atom stereocenters. The van der Waals surface area contributed by atoms with Crippen LogP contribution in [0.1, 0.15) is 13.8 Å². The van der Waals surface area contributed by atoms with Gasteiger partial charge in [0.25, 0.3) is 5.91 Å². The maximum absolute atomic E-state index is 12.7. The molecule has 0 saturated carbocycles. The monoisotopic (exact) mass is 444 g/mol. The Balaban J connectivity index is 1.92. The molecule has 3 aromatic rings. The van der Waals surface area contributed by atoms with E-state index in [9.17, 15) is 18.3 Å². The van der Waals surface area contributed by atoms with Gasteiger partial charge in [-0.2, -0.15) is 0 Å². The van der Waals surface area contributed by atoms with Crippen molar-refractivity contribution in [3.63, 3.8) is 0 Å². The molecule has 1 heterocycles. The molecular formula is C21H24N4O5S. The van der Waals surface area contributed by atoms with Crippen molar-refractivity contribution in [1.82, 2.24) is 4.57 Å². The van der Waals surface area contributed by atoms with Crippen molar-refractivity contribution < 1.29 is 23.1 Å². The van der Waals surface area contributed by atoms with Crippen LogP contribution in [-0.4, -0.2) is 42.9 Å². The molecule has 3 rings (SSSR count). The lowest BCUT2D eigenvalue weighted by Gasteiger charge is -2.26. The minimum atomic E-state index is -3.79. The van der Waals surface area contributed by atoms with Crippen molar-refractivity contribution in [2.24, 2.45) is 17.3 Å². The Kier molecular flexibility index (Phi) is 6.30. The Hall–Kier alpha value is -3.40. The number of azo groups is 1. The molecule has 0 aliphatic carbocycles. The van der Waals surface area contributed by atoms with E-state index in [1.165, 1.54) is 11.5 Å². The van der Waals surface area contributed by atoms with E-state index < -0.39 is 22.0 Å². The highest BCUT2D eigenvalue weighted by Crippen LogP contribution is 2.37. The highest BCUT2D eigenvalue weighted by atomic mass is 32.2. The van der Waals surface area contributed by atoms with E-state index in [0.717, 1.165) is 16.1 Å². The maximum Gasteiger partial charge on any atom is 0.287 e. The Morgan fingerprint density at radius 1 is 1.19 bits per heavy atom. The first-order valence-electron chi connectivity index (χ1n) is 9.59. The summed E-state index contributed by atoms with van der Waals surface area (Å²) >= 11 is 0. The number of amides is 1. The number of sulfonamides is 1. The zero-order chi connectivity index (χ0) is 22.8. The van der Waals surface area contributed by atoms with Gasteiger partial charge in [0.2, 0.25) is 15.9 Å². The van der Waals surface area contributed by atoms with Gasteiger partial charge in [0.05, 0.1) is 24.1 Å². The summed E-state index contributed by atoms with van der Waals surface area (Å²) in [4.78, 5) is 12.7. The van der Waals surface area contributed by atoms with Gasteiger partial charge in [-0.05, 0) is 44.2 Å². The molecule has 9 nitrogen and oxygen atoms in total. The van der Waals surface area contributed by atoms with Crippen molar-refractivity contribution >= 4 is 38.2 Å². The molecule has 164 valence electrons. The molecule has 31 heavy (non-hydrogen) atoms. The first kappa shape index (κ1) is 22.3. The maximum atomic E-state index is 12.7. The number of rotatable bonds is 7. The smallest absolute Gasteiger partial charge is 0.287 e. The molecule has 0 radical (unpaired) electrons. The molecule has 0 spiro atoms. The molecule has 1 N–H and O–H groups in total. The Morgan fingerprint density at radius 2 is 1.84 bits per heavy atom. The lowest BCUT2D eigenvalue weighted by molar-refractivity contribution is -0.119. The molecule has 0 aliphatic heterocycles. The highest BCUT2D eigenvalue weighted by molar-refractivity contribution is 7.92. The van der Waals surface area contributed by atoms with Gasteiger partial charge in [0.15, 0.2) is 5.69 Å². The van der Waals surface area contributed by atoms with Gasteiger partial charge in [-0.15, -0.1) is 10.2 Å². The second kappa shape index (κ2) is 8.76. The third kappa shape index (κ3) is 4.53. The van der Waals surface area contributed by atoms with Crippen LogP contribution in [0.4, 0.5) is 11.4 Å². The predicted molar refractivity (Wildman–Crippen MR) is 119 cm³/mol. The minimum Gasteiger partial charge on any atom is -0.494 e. The third-order valence-corrected chi connectivity index (χ3v) is 6.01. The van der Waals surface area contributed by atoms with E-state index in [1.54, 1.807) is 49.5 Å². The minimum absolute atomic E-state index is 0.142. The fourth-order valence-electron chi connectivity index (χ4n) is 3.30. The number of benzene rings is 2. The first-order valence-corrected chi connectivity index (χ1v) is 11.4. The fraction of sp³-hybridized carbons (Fsp3) is 0.286. The van der Waals surface area contributed by atoms with Crippen molar-refractivity contribution in [2.75, 3.05) is 17.2 Å². The number of nitrogens with zero attached hydrogens (tertiary/aromatic N) is 4. The van der Waals surface area contributed by atoms with Crippen LogP contribution in [0.15, 0.2) is 58.8 Å². The van der Waals surface area contributed by atoms with E-state index in [2.05, 4.69) is 10.2 Å². The molecule has 1 aromatic heterocycles. The van der Waals surface area contributed by atoms with E-state index in [1.807, 2.05) is 13.0 Å². The number of anilines is 1. The highest BCUT2D eigenvalue weighted by Gasteiger charge is 2.29. The number of hydrogen-bond donors (Lipinski definition) is 1. The average Bonchev–Trinajstić information content (AvgIpc) is 2.97. The van der Waals surface area contributed by atoms with Gasteiger partial charge >= 0.3 is 0 Å². The summed E-state index contributed by atoms with van der Waals surface area (Å²) in [7, 11) is -2.13. The first-order chi connectivity index (χ1) is 14.6. The summed E-state index contributed by atoms with van der Waals surface area (Å²) in [5.41, 5.74) is 1.17. The standard InChI is InChI=1S/C21H24N4O5S/c1-5-30-16-12-10-15(11-13-16)25(31(4,28)29)14(2)20(26)23-22-19-17-8-6-7-9-18(17)24(3)21(19)27/h6-14,27H,5H2,1-4H3/t14-/m0/s1. The van der Waals surface area contributed by atoms with Crippen LogP contribution in [0.25, 0.3) is 10.9 Å². The molecule has 1 amide bonds. The van der Waals surface area contributed by atoms with Crippen LogP contribution in [-0.2, 0) is 21.9 Å². The number of carbonyl (C=O) groups is 1. The van der Waals surface area contributed by atoms with Gasteiger partial charge in [-0.1, -0.05) is 18.2 Å². The normalized spacial score (nSPS) is 12.9. The quantitative estimate of drug-likeness (QED) is 0.558. The summed E-state index contributed by atoms with van der Waals surface area (Å²) in [6.07, 6.45) is 1.01. The predicted octanol–water partition coefficient (Wildman–Crippen LogP) is 3.75. The van der Waals surface area contributed by atoms with Crippen LogP contribution in [0, 0.1) is 0 Å². The van der Waals surface area contributed by atoms with Gasteiger partial charge in [0.1, 0.15) is 11.8 Å². The zero-order valence-electron chi connectivity index (χ0n) is 17.7. The van der Waals surface area contributed by atoms with E-state index >= 15 is 0 Å². The number of carbonyl (C=O) groups excluding carboxylic acids is 1. The molecular weight excluding hydrogens is 420 g/mol. The number of aromatic nitrogens is 1. The van der Waals surface area contributed by atoms with Crippen molar-refractivity contribution in [3.8, 4) is 11.6 Å². The van der Waals surface area contributed by atoms with Crippen molar-refractivity contribution in [3.05, 3.63) is 48.5 Å². The summed E-state index contributed by atoms with van der Waals surface area (Å²) < 4.78 is 32.7. The van der Waals surface area contributed by atoms with E-state index in [0.29, 0.717) is 23.4 Å². The molecule has 0 bridgehead atoms. The number of para-hydroxylation sites is 1. The number of aryl methyl sites for hydroxylation is 1. The van der Waals surface area contributed by atoms with Crippen LogP contribution in [0.5, 0.6) is 11.6 Å². The number of hydrogen-bond acceptors (Lipinski definition) is 6. The van der Waals surface area contributed by atoms with Crippen molar-refractivity contribution in [1.29, 1.82) is 0 Å². The van der Waals surface area contributed by atoms with E-state index in [-0.39, 0.29) is 11.6 Å². The fourth-order valence-corrected chi connectivity index (χ4v) is 4.47. The molecule has 0 saturated heterocycles. The summed E-state index contributed by atoms with van der Waals surface area (Å²) in [5, 5.41) is 18.6. The summed E-state index contributed by atoms with van der Waals surface area (Å²) in [6, 6.07) is 12.4. The number of aromatic hydroxyl groups is 1. The molecule has 0 aliphatic rings. The summed E-state index contributed by atoms with van der Waals surface area (Å²) in [6.45, 7) is 3.75.